The average Bonchev–Trinajstić information content (AvgIpc) is 2.42. The van der Waals surface area contributed by atoms with Crippen LogP contribution in [0.1, 0.15) is 79.0 Å². The van der Waals surface area contributed by atoms with E-state index in [4.69, 9.17) is 9.47 Å². The van der Waals surface area contributed by atoms with Crippen LogP contribution in [0.15, 0.2) is 12.1 Å². The highest BCUT2D eigenvalue weighted by atomic mass is 16.7. The molecule has 0 unspecified atom stereocenters. The molecule has 0 aliphatic rings. The lowest BCUT2D eigenvalue weighted by molar-refractivity contribution is -0.530. The maximum absolute atomic E-state index is 12.4. The predicted molar refractivity (Wildman–Crippen MR) is 105 cm³/mol. The molecular formula is C21H35NO3. The Bertz CT molecular complexity index is 591. The molecule has 142 valence electrons. The molecule has 4 nitrogen and oxygen atoms in total. The van der Waals surface area contributed by atoms with Crippen molar-refractivity contribution in [2.75, 3.05) is 13.9 Å². The first-order valence-electron chi connectivity index (χ1n) is 8.80. The second kappa shape index (κ2) is 7.36. The standard InChI is InChI=1S/C21H35NO3/c1-19(2,3)16-11-15(13-22(23)21(7,8)9)12-17(20(4,5)6)18(16)25-14-24-10/h11-13H,14H2,1-10H3. The summed E-state index contributed by atoms with van der Waals surface area (Å²) in [5, 5.41) is 12.4. The highest BCUT2D eigenvalue weighted by Gasteiger charge is 2.28. The fraction of sp³-hybridized carbons (Fsp3) is 0.667. The van der Waals surface area contributed by atoms with E-state index in [0.29, 0.717) is 0 Å². The van der Waals surface area contributed by atoms with Crippen LogP contribution in [0.5, 0.6) is 5.75 Å². The first-order valence-corrected chi connectivity index (χ1v) is 8.80. The van der Waals surface area contributed by atoms with E-state index in [0.717, 1.165) is 27.2 Å². The van der Waals surface area contributed by atoms with Crippen LogP contribution in [-0.2, 0) is 15.6 Å². The van der Waals surface area contributed by atoms with Crippen molar-refractivity contribution in [3.8, 4) is 5.75 Å². The van der Waals surface area contributed by atoms with Gasteiger partial charge in [-0.3, -0.25) is 0 Å². The number of nitrogens with zero attached hydrogens (tertiary/aromatic N) is 1. The van der Waals surface area contributed by atoms with Crippen molar-refractivity contribution in [1.82, 2.24) is 0 Å². The largest absolute Gasteiger partial charge is 0.623 e. The van der Waals surface area contributed by atoms with Gasteiger partial charge in [-0.1, -0.05) is 41.5 Å². The minimum Gasteiger partial charge on any atom is -0.623 e. The summed E-state index contributed by atoms with van der Waals surface area (Å²) in [7, 11) is 1.62. The van der Waals surface area contributed by atoms with E-state index in [1.165, 1.54) is 0 Å². The smallest absolute Gasteiger partial charge is 0.188 e. The van der Waals surface area contributed by atoms with Crippen LogP contribution in [0.4, 0.5) is 0 Å². The predicted octanol–water partition coefficient (Wildman–Crippen LogP) is 4.99. The van der Waals surface area contributed by atoms with Crippen LogP contribution >= 0.6 is 0 Å². The molecule has 0 spiro atoms. The molecule has 0 radical (unpaired) electrons. The van der Waals surface area contributed by atoms with Crippen LogP contribution in [0, 0.1) is 5.21 Å². The van der Waals surface area contributed by atoms with Crippen molar-refractivity contribution in [3.63, 3.8) is 0 Å². The van der Waals surface area contributed by atoms with Crippen LogP contribution in [0.25, 0.3) is 0 Å². The first-order chi connectivity index (χ1) is 11.2. The van der Waals surface area contributed by atoms with Crippen LogP contribution in [0.2, 0.25) is 0 Å². The third-order valence-corrected chi connectivity index (χ3v) is 3.98. The number of benzene rings is 1. The Morgan fingerprint density at radius 1 is 0.920 bits per heavy atom. The molecule has 0 aliphatic carbocycles. The summed E-state index contributed by atoms with van der Waals surface area (Å²) >= 11 is 0. The summed E-state index contributed by atoms with van der Waals surface area (Å²) in [5.74, 6) is 0.854. The minimum absolute atomic E-state index is 0.123. The van der Waals surface area contributed by atoms with E-state index in [2.05, 4.69) is 53.7 Å². The summed E-state index contributed by atoms with van der Waals surface area (Å²) in [6.45, 7) is 18.8. The zero-order valence-corrected chi connectivity index (χ0v) is 17.6. The Hall–Kier alpha value is -1.55. The van der Waals surface area contributed by atoms with E-state index in [1.807, 2.05) is 20.8 Å². The topological polar surface area (TPSA) is 44.5 Å². The summed E-state index contributed by atoms with van der Waals surface area (Å²) in [5.41, 5.74) is 2.32. The maximum Gasteiger partial charge on any atom is 0.188 e. The van der Waals surface area contributed by atoms with Gasteiger partial charge in [-0.2, -0.15) is 0 Å². The minimum atomic E-state index is -0.477. The van der Waals surface area contributed by atoms with Crippen molar-refractivity contribution in [2.24, 2.45) is 0 Å². The molecule has 25 heavy (non-hydrogen) atoms. The molecule has 0 heterocycles. The van der Waals surface area contributed by atoms with Gasteiger partial charge in [0.2, 0.25) is 0 Å². The lowest BCUT2D eigenvalue weighted by Crippen LogP contribution is -2.29. The molecule has 0 N–H and O–H groups in total. The molecular weight excluding hydrogens is 314 g/mol. The third kappa shape index (κ3) is 5.74. The number of methoxy groups -OCH3 is 1. The number of hydrogen-bond donors (Lipinski definition) is 0. The monoisotopic (exact) mass is 349 g/mol. The fourth-order valence-corrected chi connectivity index (χ4v) is 2.44. The van der Waals surface area contributed by atoms with E-state index in [-0.39, 0.29) is 17.6 Å². The Balaban J connectivity index is 3.70. The zero-order valence-electron chi connectivity index (χ0n) is 17.6. The third-order valence-electron chi connectivity index (χ3n) is 3.98. The van der Waals surface area contributed by atoms with Gasteiger partial charge in [-0.05, 0) is 23.0 Å². The van der Waals surface area contributed by atoms with Gasteiger partial charge in [-0.25, -0.2) is 4.74 Å². The van der Waals surface area contributed by atoms with Crippen LogP contribution in [0.3, 0.4) is 0 Å². The Morgan fingerprint density at radius 2 is 1.36 bits per heavy atom. The number of rotatable bonds is 4. The molecule has 0 aliphatic heterocycles. The molecule has 0 bridgehead atoms. The summed E-state index contributed by atoms with van der Waals surface area (Å²) in [6, 6.07) is 4.10. The zero-order chi connectivity index (χ0) is 19.6. The van der Waals surface area contributed by atoms with Gasteiger partial charge < -0.3 is 14.7 Å². The van der Waals surface area contributed by atoms with Crippen molar-refractivity contribution < 1.29 is 14.2 Å². The molecule has 4 heteroatoms. The lowest BCUT2D eigenvalue weighted by atomic mass is 9.78. The van der Waals surface area contributed by atoms with Gasteiger partial charge in [0.05, 0.1) is 0 Å². The van der Waals surface area contributed by atoms with Gasteiger partial charge in [0.15, 0.2) is 18.5 Å². The second-order valence-electron chi connectivity index (χ2n) is 9.62. The number of ether oxygens (including phenoxy) is 2. The average molecular weight is 350 g/mol. The number of hydrogen-bond acceptors (Lipinski definition) is 3. The molecule has 1 aromatic rings. The van der Waals surface area contributed by atoms with Crippen molar-refractivity contribution in [3.05, 3.63) is 34.0 Å². The van der Waals surface area contributed by atoms with Crippen molar-refractivity contribution >= 4 is 6.21 Å². The van der Waals surface area contributed by atoms with Crippen molar-refractivity contribution in [1.29, 1.82) is 0 Å². The quantitative estimate of drug-likeness (QED) is 0.253. The molecule has 0 aromatic heterocycles. The van der Waals surface area contributed by atoms with E-state index in [9.17, 15) is 5.21 Å². The molecule has 0 saturated carbocycles. The van der Waals surface area contributed by atoms with Crippen molar-refractivity contribution in [2.45, 2.75) is 78.7 Å². The van der Waals surface area contributed by atoms with Crippen LogP contribution in [-0.4, -0.2) is 30.4 Å². The van der Waals surface area contributed by atoms with Gasteiger partial charge in [0.1, 0.15) is 5.75 Å². The first kappa shape index (κ1) is 21.5. The second-order valence-corrected chi connectivity index (χ2v) is 9.62. The molecule has 0 fully saturated rings. The summed E-state index contributed by atoms with van der Waals surface area (Å²) < 4.78 is 12.1. The Morgan fingerprint density at radius 3 is 1.68 bits per heavy atom. The summed E-state index contributed by atoms with van der Waals surface area (Å²) in [4.78, 5) is 0. The Kier molecular flexibility index (Phi) is 6.33. The van der Waals surface area contributed by atoms with Crippen LogP contribution < -0.4 is 4.74 Å². The van der Waals surface area contributed by atoms with E-state index >= 15 is 0 Å². The number of hydroxylamine groups is 1. The van der Waals surface area contributed by atoms with Gasteiger partial charge in [0.25, 0.3) is 0 Å². The molecule has 0 atom stereocenters. The SMILES string of the molecule is COCOc1c(C(C)(C)C)cc(C=[N+]([O-])C(C)(C)C)cc1C(C)(C)C. The van der Waals surface area contributed by atoms with Gasteiger partial charge >= 0.3 is 0 Å². The normalized spacial score (nSPS) is 13.9. The van der Waals surface area contributed by atoms with E-state index < -0.39 is 5.54 Å². The highest BCUT2D eigenvalue weighted by molar-refractivity contribution is 5.78. The highest BCUT2D eigenvalue weighted by Crippen LogP contribution is 2.40. The Labute approximate surface area is 153 Å². The van der Waals surface area contributed by atoms with E-state index in [1.54, 1.807) is 13.3 Å². The fourth-order valence-electron chi connectivity index (χ4n) is 2.44. The molecule has 0 amide bonds. The summed E-state index contributed by atoms with van der Waals surface area (Å²) in [6.07, 6.45) is 1.67. The molecule has 0 saturated heterocycles. The molecule has 1 rings (SSSR count). The molecule has 1 aromatic carbocycles. The maximum atomic E-state index is 12.4. The van der Waals surface area contributed by atoms with Gasteiger partial charge in [-0.15, -0.1) is 0 Å². The lowest BCUT2D eigenvalue weighted by Gasteiger charge is -2.30. The van der Waals surface area contributed by atoms with Gasteiger partial charge in [0, 0.05) is 44.6 Å².